The Labute approximate surface area is 121 Å². The van der Waals surface area contributed by atoms with E-state index in [0.717, 1.165) is 19.3 Å². The zero-order valence-electron chi connectivity index (χ0n) is 11.7. The maximum absolute atomic E-state index is 12.2. The maximum atomic E-state index is 12.2. The van der Waals surface area contributed by atoms with Crippen LogP contribution in [0.15, 0.2) is 27.4 Å². The normalized spacial score (nSPS) is 21.8. The molecular formula is C14H18N4O3. The van der Waals surface area contributed by atoms with Crippen molar-refractivity contribution in [1.29, 1.82) is 0 Å². The van der Waals surface area contributed by atoms with Crippen molar-refractivity contribution in [2.45, 2.75) is 38.3 Å². The summed E-state index contributed by atoms with van der Waals surface area (Å²) in [5, 5.41) is 2.84. The van der Waals surface area contributed by atoms with Crippen LogP contribution in [-0.2, 0) is 4.79 Å². The molecule has 7 heteroatoms. The van der Waals surface area contributed by atoms with Gasteiger partial charge in [-0.05, 0) is 31.0 Å². The number of amides is 1. The second-order valence-electron chi connectivity index (χ2n) is 5.28. The number of hydrogen-bond donors (Lipinski definition) is 4. The lowest BCUT2D eigenvalue weighted by Gasteiger charge is -2.10. The Morgan fingerprint density at radius 2 is 2.29 bits per heavy atom. The molecule has 0 saturated carbocycles. The second-order valence-corrected chi connectivity index (χ2v) is 5.28. The number of oxazole rings is 1. The number of aromatic amines is 1. The third kappa shape index (κ3) is 2.98. The van der Waals surface area contributed by atoms with Crippen molar-refractivity contribution in [3.63, 3.8) is 0 Å². The van der Waals surface area contributed by atoms with Crippen LogP contribution in [0.4, 0.5) is 5.69 Å². The van der Waals surface area contributed by atoms with Gasteiger partial charge in [-0.25, -0.2) is 10.2 Å². The molecule has 112 valence electrons. The van der Waals surface area contributed by atoms with Gasteiger partial charge in [-0.3, -0.25) is 15.2 Å². The van der Waals surface area contributed by atoms with Crippen LogP contribution in [0.5, 0.6) is 0 Å². The molecule has 2 unspecified atom stereocenters. The quantitative estimate of drug-likeness (QED) is 0.675. The SMILES string of the molecule is CCCC1CC(C(=O)Nc2ccc3oc(=O)[nH]c3c2)NN1. The van der Waals surface area contributed by atoms with Crippen LogP contribution < -0.4 is 21.9 Å². The van der Waals surface area contributed by atoms with Crippen LogP contribution in [0.25, 0.3) is 11.1 Å². The van der Waals surface area contributed by atoms with E-state index in [1.807, 2.05) is 0 Å². The predicted octanol–water partition coefficient (Wildman–Crippen LogP) is 1.09. The highest BCUT2D eigenvalue weighted by molar-refractivity contribution is 5.96. The van der Waals surface area contributed by atoms with Gasteiger partial charge < -0.3 is 9.73 Å². The van der Waals surface area contributed by atoms with E-state index < -0.39 is 5.76 Å². The van der Waals surface area contributed by atoms with E-state index in [9.17, 15) is 9.59 Å². The molecule has 1 amide bonds. The van der Waals surface area contributed by atoms with Crippen LogP contribution in [-0.4, -0.2) is 23.0 Å². The van der Waals surface area contributed by atoms with Gasteiger partial charge in [0.2, 0.25) is 5.91 Å². The number of anilines is 1. The van der Waals surface area contributed by atoms with Gasteiger partial charge in [0, 0.05) is 11.7 Å². The van der Waals surface area contributed by atoms with E-state index in [4.69, 9.17) is 4.42 Å². The van der Waals surface area contributed by atoms with Gasteiger partial charge in [-0.1, -0.05) is 13.3 Å². The van der Waals surface area contributed by atoms with E-state index in [2.05, 4.69) is 28.1 Å². The summed E-state index contributed by atoms with van der Waals surface area (Å²) in [6.07, 6.45) is 2.89. The zero-order chi connectivity index (χ0) is 14.8. The molecule has 0 radical (unpaired) electrons. The molecule has 0 bridgehead atoms. The largest absolute Gasteiger partial charge is 0.417 e. The molecule has 0 spiro atoms. The first-order valence-electron chi connectivity index (χ1n) is 7.10. The molecule has 1 saturated heterocycles. The first-order chi connectivity index (χ1) is 10.2. The molecule has 1 aromatic carbocycles. The molecule has 7 nitrogen and oxygen atoms in total. The summed E-state index contributed by atoms with van der Waals surface area (Å²) >= 11 is 0. The van der Waals surface area contributed by atoms with Crippen LogP contribution in [0.3, 0.4) is 0 Å². The number of H-pyrrole nitrogens is 1. The Kier molecular flexibility index (Phi) is 3.76. The lowest BCUT2D eigenvalue weighted by atomic mass is 10.1. The third-order valence-electron chi connectivity index (χ3n) is 3.62. The summed E-state index contributed by atoms with van der Waals surface area (Å²) < 4.78 is 4.92. The Bertz CT molecular complexity index is 706. The van der Waals surface area contributed by atoms with E-state index >= 15 is 0 Å². The fourth-order valence-electron chi connectivity index (χ4n) is 2.59. The van der Waals surface area contributed by atoms with Crippen molar-refractivity contribution in [3.05, 3.63) is 28.7 Å². The van der Waals surface area contributed by atoms with Crippen molar-refractivity contribution in [2.24, 2.45) is 0 Å². The molecule has 0 aliphatic carbocycles. The topological polar surface area (TPSA) is 99.2 Å². The fraction of sp³-hybridized carbons (Fsp3) is 0.429. The van der Waals surface area contributed by atoms with Gasteiger partial charge in [-0.2, -0.15) is 0 Å². The van der Waals surface area contributed by atoms with Crippen LogP contribution in [0.2, 0.25) is 0 Å². The van der Waals surface area contributed by atoms with Crippen molar-refractivity contribution >= 4 is 22.7 Å². The summed E-state index contributed by atoms with van der Waals surface area (Å²) in [4.78, 5) is 25.9. The van der Waals surface area contributed by atoms with Crippen LogP contribution in [0, 0.1) is 0 Å². The lowest BCUT2D eigenvalue weighted by Crippen LogP contribution is -2.40. The van der Waals surface area contributed by atoms with Crippen molar-refractivity contribution in [2.75, 3.05) is 5.32 Å². The van der Waals surface area contributed by atoms with E-state index in [1.165, 1.54) is 0 Å². The Balaban J connectivity index is 1.67. The maximum Gasteiger partial charge on any atom is 0.417 e. The van der Waals surface area contributed by atoms with E-state index in [1.54, 1.807) is 18.2 Å². The molecule has 3 rings (SSSR count). The monoisotopic (exact) mass is 290 g/mol. The van der Waals surface area contributed by atoms with Gasteiger partial charge in [0.1, 0.15) is 6.04 Å². The summed E-state index contributed by atoms with van der Waals surface area (Å²) in [5.41, 5.74) is 7.82. The number of aromatic nitrogens is 1. The summed E-state index contributed by atoms with van der Waals surface area (Å²) in [6, 6.07) is 5.13. The highest BCUT2D eigenvalue weighted by atomic mass is 16.4. The summed E-state index contributed by atoms with van der Waals surface area (Å²) in [7, 11) is 0. The minimum absolute atomic E-state index is 0.0914. The minimum atomic E-state index is -0.502. The van der Waals surface area contributed by atoms with E-state index in [-0.39, 0.29) is 11.9 Å². The molecule has 2 aromatic rings. The number of rotatable bonds is 4. The molecular weight excluding hydrogens is 272 g/mol. The molecule has 1 aromatic heterocycles. The van der Waals surface area contributed by atoms with Gasteiger partial charge in [0.25, 0.3) is 0 Å². The minimum Gasteiger partial charge on any atom is -0.408 e. The summed E-state index contributed by atoms with van der Waals surface area (Å²) in [5.74, 6) is -0.594. The predicted molar refractivity (Wildman–Crippen MR) is 78.8 cm³/mol. The highest BCUT2D eigenvalue weighted by Gasteiger charge is 2.28. The third-order valence-corrected chi connectivity index (χ3v) is 3.62. The standard InChI is InChI=1S/C14H18N4O3/c1-2-3-9-7-11(18-17-9)13(19)15-8-4-5-12-10(6-8)16-14(20)21-12/h4-6,9,11,17-18H,2-3,7H2,1H3,(H,15,19)(H,16,20). The second kappa shape index (κ2) is 5.71. The fourth-order valence-corrected chi connectivity index (χ4v) is 2.59. The molecule has 21 heavy (non-hydrogen) atoms. The van der Waals surface area contributed by atoms with Gasteiger partial charge in [-0.15, -0.1) is 0 Å². The average molecular weight is 290 g/mol. The van der Waals surface area contributed by atoms with Crippen molar-refractivity contribution in [3.8, 4) is 0 Å². The molecule has 2 atom stereocenters. The van der Waals surface area contributed by atoms with Gasteiger partial charge in [0.15, 0.2) is 5.58 Å². The Morgan fingerprint density at radius 3 is 3.10 bits per heavy atom. The van der Waals surface area contributed by atoms with Crippen LogP contribution in [0.1, 0.15) is 26.2 Å². The summed E-state index contributed by atoms with van der Waals surface area (Å²) in [6.45, 7) is 2.12. The van der Waals surface area contributed by atoms with Crippen molar-refractivity contribution in [1.82, 2.24) is 15.8 Å². The molecule has 4 N–H and O–H groups in total. The number of benzene rings is 1. The Hall–Kier alpha value is -2.12. The smallest absolute Gasteiger partial charge is 0.408 e. The Morgan fingerprint density at radius 1 is 1.43 bits per heavy atom. The number of nitrogens with one attached hydrogen (secondary N) is 4. The van der Waals surface area contributed by atoms with E-state index in [0.29, 0.717) is 22.8 Å². The number of carbonyl (C=O) groups excluding carboxylic acids is 1. The number of hydrazine groups is 1. The zero-order valence-corrected chi connectivity index (χ0v) is 11.7. The van der Waals surface area contributed by atoms with Gasteiger partial charge in [0.05, 0.1) is 5.52 Å². The van der Waals surface area contributed by atoms with Crippen molar-refractivity contribution < 1.29 is 9.21 Å². The first kappa shape index (κ1) is 13.8. The molecule has 1 aliphatic heterocycles. The number of hydrogen-bond acceptors (Lipinski definition) is 5. The molecule has 1 fully saturated rings. The number of carbonyl (C=O) groups is 1. The highest BCUT2D eigenvalue weighted by Crippen LogP contribution is 2.17. The van der Waals surface area contributed by atoms with Crippen LogP contribution >= 0.6 is 0 Å². The average Bonchev–Trinajstić information content (AvgIpc) is 3.04. The van der Waals surface area contributed by atoms with Gasteiger partial charge >= 0.3 is 5.76 Å². The molecule has 1 aliphatic rings. The molecule has 2 heterocycles. The number of fused-ring (bicyclic) bond motifs is 1. The first-order valence-corrected chi connectivity index (χ1v) is 7.10. The lowest BCUT2D eigenvalue weighted by molar-refractivity contribution is -0.117.